The van der Waals surface area contributed by atoms with Crippen LogP contribution in [0.4, 0.5) is 5.69 Å². The molecule has 9 aromatic rings. The van der Waals surface area contributed by atoms with E-state index in [0.29, 0.717) is 33.6 Å². The Morgan fingerprint density at radius 2 is 1.11 bits per heavy atom. The average Bonchev–Trinajstić information content (AvgIpc) is 3.73. The van der Waals surface area contributed by atoms with E-state index in [9.17, 15) is 10.1 Å². The fraction of sp³-hybridized carbons (Fsp3) is 0. The van der Waals surface area contributed by atoms with Gasteiger partial charge in [-0.2, -0.15) is 5.26 Å². The summed E-state index contributed by atoms with van der Waals surface area (Å²) < 4.78 is 2.07. The Labute approximate surface area is 322 Å². The molecular formula is C50H30N4O2. The fourth-order valence-corrected chi connectivity index (χ4v) is 8.12. The second kappa shape index (κ2) is 13.2. The van der Waals surface area contributed by atoms with Gasteiger partial charge in [-0.25, -0.2) is 4.90 Å². The monoisotopic (exact) mass is 718 g/mol. The number of hydrogen-bond donors (Lipinski definition) is 0. The number of aromatic nitrogens is 2. The van der Waals surface area contributed by atoms with Crippen LogP contribution in [0.1, 0.15) is 26.3 Å². The quantitative estimate of drug-likeness (QED) is 0.160. The molecule has 3 heterocycles. The van der Waals surface area contributed by atoms with Crippen LogP contribution in [0, 0.1) is 11.3 Å². The van der Waals surface area contributed by atoms with Gasteiger partial charge in [0.05, 0.1) is 45.2 Å². The van der Waals surface area contributed by atoms with Gasteiger partial charge >= 0.3 is 0 Å². The lowest BCUT2D eigenvalue weighted by Gasteiger charge is -2.24. The summed E-state index contributed by atoms with van der Waals surface area (Å²) in [5, 5.41) is 11.9. The highest BCUT2D eigenvalue weighted by Crippen LogP contribution is 2.47. The smallest absolute Gasteiger partial charge is 0.268 e. The highest BCUT2D eigenvalue weighted by Gasteiger charge is 2.41. The number of imide groups is 1. The molecule has 56 heavy (non-hydrogen) atoms. The first-order valence-electron chi connectivity index (χ1n) is 18.3. The minimum absolute atomic E-state index is 0.329. The minimum Gasteiger partial charge on any atom is -0.308 e. The molecule has 1 aliphatic rings. The highest BCUT2D eigenvalue weighted by molar-refractivity contribution is 6.37. The maximum Gasteiger partial charge on any atom is 0.268 e. The first kappa shape index (κ1) is 32.7. The number of anilines is 1. The molecular weight excluding hydrogens is 689 g/mol. The number of fused-ring (bicyclic) bond motifs is 4. The van der Waals surface area contributed by atoms with Crippen LogP contribution in [0.5, 0.6) is 0 Å². The first-order valence-corrected chi connectivity index (χ1v) is 18.3. The molecule has 1 aliphatic heterocycles. The molecule has 6 heteroatoms. The Hall–Kier alpha value is -7.88. The van der Waals surface area contributed by atoms with E-state index in [-0.39, 0.29) is 5.91 Å². The molecule has 2 amide bonds. The van der Waals surface area contributed by atoms with E-state index in [1.165, 1.54) is 4.90 Å². The van der Waals surface area contributed by atoms with Gasteiger partial charge in [0.25, 0.3) is 11.8 Å². The van der Waals surface area contributed by atoms with Crippen molar-refractivity contribution in [3.8, 4) is 56.3 Å². The number of carbonyl (C=O) groups excluding carboxylic acids is 2. The van der Waals surface area contributed by atoms with Crippen molar-refractivity contribution in [1.82, 2.24) is 9.55 Å². The summed E-state index contributed by atoms with van der Waals surface area (Å²) in [6, 6.07) is 57.8. The van der Waals surface area contributed by atoms with Crippen LogP contribution in [0.15, 0.2) is 182 Å². The van der Waals surface area contributed by atoms with Gasteiger partial charge in [0, 0.05) is 39.9 Å². The van der Waals surface area contributed by atoms with Gasteiger partial charge in [-0.3, -0.25) is 14.6 Å². The maximum atomic E-state index is 15.3. The third kappa shape index (κ3) is 5.14. The van der Waals surface area contributed by atoms with E-state index in [4.69, 9.17) is 0 Å². The van der Waals surface area contributed by atoms with Crippen molar-refractivity contribution in [2.75, 3.05) is 4.90 Å². The van der Waals surface area contributed by atoms with Gasteiger partial charge in [-0.15, -0.1) is 0 Å². The molecule has 10 rings (SSSR count). The summed E-state index contributed by atoms with van der Waals surface area (Å²) in [6.07, 6.45) is 3.31. The fourth-order valence-electron chi connectivity index (χ4n) is 8.12. The first-order chi connectivity index (χ1) is 27.6. The number of amides is 2. The Bertz CT molecular complexity index is 3010. The van der Waals surface area contributed by atoms with Crippen molar-refractivity contribution in [2.24, 2.45) is 0 Å². The Balaban J connectivity index is 1.23. The van der Waals surface area contributed by atoms with E-state index in [0.717, 1.165) is 60.8 Å². The van der Waals surface area contributed by atoms with Crippen LogP contribution >= 0.6 is 0 Å². The molecule has 262 valence electrons. The van der Waals surface area contributed by atoms with E-state index in [1.807, 2.05) is 127 Å². The number of rotatable bonds is 6. The van der Waals surface area contributed by atoms with Crippen LogP contribution in [-0.2, 0) is 0 Å². The molecule has 2 aromatic heterocycles. The number of carbonyl (C=O) groups is 2. The molecule has 0 fully saturated rings. The average molecular weight is 719 g/mol. The predicted molar refractivity (Wildman–Crippen MR) is 223 cm³/mol. The largest absolute Gasteiger partial charge is 0.308 e. The summed E-state index contributed by atoms with van der Waals surface area (Å²) in [7, 11) is 0. The second-order valence-electron chi connectivity index (χ2n) is 13.8. The number of nitriles is 1. The number of para-hydroxylation sites is 1. The molecule has 7 aromatic carbocycles. The minimum atomic E-state index is -0.400. The van der Waals surface area contributed by atoms with Crippen LogP contribution in [-0.4, -0.2) is 21.4 Å². The molecule has 6 nitrogen and oxygen atoms in total. The van der Waals surface area contributed by atoms with Gasteiger partial charge in [-0.05, 0) is 70.3 Å². The molecule has 0 radical (unpaired) electrons. The van der Waals surface area contributed by atoms with E-state index >= 15 is 4.79 Å². The van der Waals surface area contributed by atoms with E-state index < -0.39 is 5.91 Å². The third-order valence-electron chi connectivity index (χ3n) is 10.7. The van der Waals surface area contributed by atoms with Crippen LogP contribution in [0.25, 0.3) is 72.0 Å². The summed E-state index contributed by atoms with van der Waals surface area (Å²) >= 11 is 0. The van der Waals surface area contributed by atoms with Crippen molar-refractivity contribution in [1.29, 1.82) is 5.26 Å². The lowest BCUT2D eigenvalue weighted by molar-refractivity contribution is 0.0926. The summed E-state index contributed by atoms with van der Waals surface area (Å²) in [5.74, 6) is -0.785. The molecule has 0 unspecified atom stereocenters. The molecule has 0 aliphatic carbocycles. The Kier molecular flexibility index (Phi) is 7.72. The molecule has 0 saturated carbocycles. The molecule has 0 saturated heterocycles. The van der Waals surface area contributed by atoms with Crippen molar-refractivity contribution in [3.63, 3.8) is 0 Å². The number of nitrogens with zero attached hydrogens (tertiary/aromatic N) is 4. The van der Waals surface area contributed by atoms with Crippen molar-refractivity contribution < 1.29 is 9.59 Å². The third-order valence-corrected chi connectivity index (χ3v) is 10.7. The summed E-state index contributed by atoms with van der Waals surface area (Å²) in [4.78, 5) is 36.0. The molecule has 0 atom stereocenters. The van der Waals surface area contributed by atoms with Gasteiger partial charge in [0.2, 0.25) is 0 Å². The summed E-state index contributed by atoms with van der Waals surface area (Å²) in [5.41, 5.74) is 10.9. The van der Waals surface area contributed by atoms with Crippen molar-refractivity contribution >= 4 is 39.3 Å². The zero-order chi connectivity index (χ0) is 37.8. The standard InChI is InChI=1S/C50H30N4O2/c51-30-36-25-26-52-31-43(36)35-23-24-39-38-19-10-11-21-44(38)53(46(39)29-35)45-22-12-20-40-47(45)50(56)54(49(40)55)48-41(33-15-6-2-7-16-33)27-37(32-13-4-1-5-14-32)28-42(48)34-17-8-3-9-18-34/h1-29,31H. The van der Waals surface area contributed by atoms with E-state index in [2.05, 4.69) is 46.0 Å². The van der Waals surface area contributed by atoms with Gasteiger partial charge in [0.1, 0.15) is 0 Å². The zero-order valence-electron chi connectivity index (χ0n) is 29.9. The number of benzene rings is 7. The number of pyridine rings is 1. The zero-order valence-corrected chi connectivity index (χ0v) is 29.9. The second-order valence-corrected chi connectivity index (χ2v) is 13.8. The lowest BCUT2D eigenvalue weighted by Crippen LogP contribution is -2.30. The van der Waals surface area contributed by atoms with Crippen LogP contribution < -0.4 is 4.90 Å². The van der Waals surface area contributed by atoms with Crippen molar-refractivity contribution in [3.05, 3.63) is 199 Å². The van der Waals surface area contributed by atoms with E-state index in [1.54, 1.807) is 24.5 Å². The van der Waals surface area contributed by atoms with Crippen LogP contribution in [0.3, 0.4) is 0 Å². The van der Waals surface area contributed by atoms with Gasteiger partial charge < -0.3 is 4.57 Å². The van der Waals surface area contributed by atoms with Crippen LogP contribution in [0.2, 0.25) is 0 Å². The Morgan fingerprint density at radius 1 is 0.482 bits per heavy atom. The Morgan fingerprint density at radius 3 is 1.79 bits per heavy atom. The SMILES string of the molecule is N#Cc1ccncc1-c1ccc2c3ccccc3n(-c3cccc4c3C(=O)N(c3c(-c5ccccc5)cc(-c5ccccc5)cc3-c3ccccc3)C4=O)c2c1. The highest BCUT2D eigenvalue weighted by atomic mass is 16.2. The van der Waals surface area contributed by atoms with Gasteiger partial charge in [-0.1, -0.05) is 127 Å². The molecule has 0 spiro atoms. The van der Waals surface area contributed by atoms with Crippen molar-refractivity contribution in [2.45, 2.75) is 0 Å². The molecule has 0 N–H and O–H groups in total. The molecule has 0 bridgehead atoms. The topological polar surface area (TPSA) is 79.0 Å². The predicted octanol–water partition coefficient (Wildman–Crippen LogP) is 11.5. The number of hydrogen-bond acceptors (Lipinski definition) is 4. The summed E-state index contributed by atoms with van der Waals surface area (Å²) in [6.45, 7) is 0. The normalized spacial score (nSPS) is 12.3. The van der Waals surface area contributed by atoms with Gasteiger partial charge in [0.15, 0.2) is 0 Å². The maximum absolute atomic E-state index is 15.3. The lowest BCUT2D eigenvalue weighted by atomic mass is 9.90.